The Morgan fingerprint density at radius 1 is 1.30 bits per heavy atom. The highest BCUT2D eigenvalue weighted by Crippen LogP contribution is 2.20. The van der Waals surface area contributed by atoms with Crippen LogP contribution in [0.4, 0.5) is 0 Å². The number of pyridine rings is 1. The zero-order valence-electron chi connectivity index (χ0n) is 16.0. The lowest BCUT2D eigenvalue weighted by molar-refractivity contribution is 0.0599. The number of H-pyrrole nitrogens is 1. The van der Waals surface area contributed by atoms with Crippen molar-refractivity contribution in [1.82, 2.24) is 20.2 Å². The quantitative estimate of drug-likeness (QED) is 0.788. The lowest BCUT2D eigenvalue weighted by Crippen LogP contribution is -2.44. The molecule has 0 unspecified atom stereocenters. The fraction of sp³-hybridized carbons (Fsp3) is 0.450. The van der Waals surface area contributed by atoms with Crippen molar-refractivity contribution < 1.29 is 14.3 Å². The van der Waals surface area contributed by atoms with E-state index in [9.17, 15) is 9.59 Å². The van der Waals surface area contributed by atoms with Gasteiger partial charge < -0.3 is 15.0 Å². The van der Waals surface area contributed by atoms with Crippen molar-refractivity contribution in [1.29, 1.82) is 0 Å². The monoisotopic (exact) mass is 370 g/mol. The van der Waals surface area contributed by atoms with Crippen LogP contribution in [0.15, 0.2) is 24.4 Å². The molecule has 0 spiro atoms. The topological polar surface area (TPSA) is 87.3 Å². The number of likely N-dealkylation sites (tertiary alicyclic amines) is 1. The number of nitrogens with zero attached hydrogens (tertiary/aromatic N) is 2. The molecule has 27 heavy (non-hydrogen) atoms. The van der Waals surface area contributed by atoms with E-state index >= 15 is 0 Å². The highest BCUT2D eigenvalue weighted by Gasteiger charge is 2.25. The van der Waals surface area contributed by atoms with Crippen molar-refractivity contribution in [2.45, 2.75) is 39.3 Å². The van der Waals surface area contributed by atoms with Gasteiger partial charge in [-0.1, -0.05) is 6.07 Å². The maximum Gasteiger partial charge on any atom is 0.339 e. The molecule has 0 saturated carbocycles. The second-order valence-corrected chi connectivity index (χ2v) is 6.96. The van der Waals surface area contributed by atoms with Gasteiger partial charge in [0.25, 0.3) is 5.91 Å². The van der Waals surface area contributed by atoms with E-state index in [0.29, 0.717) is 22.5 Å². The summed E-state index contributed by atoms with van der Waals surface area (Å²) in [6, 6.07) is 6.07. The summed E-state index contributed by atoms with van der Waals surface area (Å²) in [6.45, 7) is 6.19. The minimum absolute atomic E-state index is 0.127. The van der Waals surface area contributed by atoms with Gasteiger partial charge in [0.15, 0.2) is 0 Å². The summed E-state index contributed by atoms with van der Waals surface area (Å²) in [5, 5.41) is 3.09. The minimum atomic E-state index is -0.428. The first-order chi connectivity index (χ1) is 13.0. The Morgan fingerprint density at radius 3 is 2.67 bits per heavy atom. The molecule has 1 aliphatic rings. The molecule has 0 aliphatic carbocycles. The van der Waals surface area contributed by atoms with Gasteiger partial charge in [-0.3, -0.25) is 14.7 Å². The van der Waals surface area contributed by atoms with Crippen LogP contribution in [0.5, 0.6) is 0 Å². The molecular formula is C20H26N4O3. The van der Waals surface area contributed by atoms with E-state index in [-0.39, 0.29) is 11.9 Å². The van der Waals surface area contributed by atoms with Gasteiger partial charge in [-0.25, -0.2) is 4.79 Å². The van der Waals surface area contributed by atoms with E-state index in [2.05, 4.69) is 20.2 Å². The number of aromatic nitrogens is 2. The normalized spacial score (nSPS) is 15.5. The third kappa shape index (κ3) is 4.36. The van der Waals surface area contributed by atoms with E-state index < -0.39 is 5.97 Å². The van der Waals surface area contributed by atoms with Crippen LogP contribution >= 0.6 is 0 Å². The summed E-state index contributed by atoms with van der Waals surface area (Å²) in [4.78, 5) is 34.3. The Balaban J connectivity index is 1.56. The van der Waals surface area contributed by atoms with Crippen molar-refractivity contribution in [3.8, 4) is 0 Å². The molecule has 0 aromatic carbocycles. The number of carbonyl (C=O) groups is 2. The van der Waals surface area contributed by atoms with Crippen LogP contribution in [0.2, 0.25) is 0 Å². The van der Waals surface area contributed by atoms with Crippen molar-refractivity contribution in [2.75, 3.05) is 20.2 Å². The van der Waals surface area contributed by atoms with Crippen LogP contribution in [-0.2, 0) is 11.3 Å². The maximum absolute atomic E-state index is 12.7. The third-order valence-electron chi connectivity index (χ3n) is 5.09. The number of esters is 1. The smallest absolute Gasteiger partial charge is 0.339 e. The number of methoxy groups -OCH3 is 1. The maximum atomic E-state index is 12.7. The van der Waals surface area contributed by atoms with Crippen molar-refractivity contribution >= 4 is 11.9 Å². The van der Waals surface area contributed by atoms with Gasteiger partial charge in [0.2, 0.25) is 0 Å². The number of aromatic amines is 1. The highest BCUT2D eigenvalue weighted by molar-refractivity contribution is 6.00. The summed E-state index contributed by atoms with van der Waals surface area (Å²) in [6.07, 6.45) is 3.59. The number of amides is 1. The molecule has 7 heteroatoms. The first kappa shape index (κ1) is 19.1. The number of aryl methyl sites for hydroxylation is 1. The molecule has 144 valence electrons. The Bertz CT molecular complexity index is 808. The summed E-state index contributed by atoms with van der Waals surface area (Å²) < 4.78 is 4.80. The molecule has 2 aromatic rings. The average Bonchev–Trinajstić information content (AvgIpc) is 2.98. The molecule has 7 nitrogen and oxygen atoms in total. The van der Waals surface area contributed by atoms with Gasteiger partial charge in [0.1, 0.15) is 5.69 Å². The predicted octanol–water partition coefficient (Wildman–Crippen LogP) is 2.21. The zero-order valence-corrected chi connectivity index (χ0v) is 16.0. The van der Waals surface area contributed by atoms with Crippen molar-refractivity contribution in [3.05, 3.63) is 52.6 Å². The summed E-state index contributed by atoms with van der Waals surface area (Å²) >= 11 is 0. The largest absolute Gasteiger partial charge is 0.465 e. The van der Waals surface area contributed by atoms with Crippen LogP contribution < -0.4 is 5.32 Å². The molecule has 1 amide bonds. The van der Waals surface area contributed by atoms with Gasteiger partial charge in [-0.05, 0) is 44.4 Å². The second kappa shape index (κ2) is 8.35. The van der Waals surface area contributed by atoms with Crippen LogP contribution in [0.25, 0.3) is 0 Å². The molecule has 0 radical (unpaired) electrons. The molecule has 3 heterocycles. The summed E-state index contributed by atoms with van der Waals surface area (Å²) in [7, 11) is 1.34. The van der Waals surface area contributed by atoms with Crippen LogP contribution in [-0.4, -0.2) is 53.0 Å². The fourth-order valence-electron chi connectivity index (χ4n) is 3.60. The predicted molar refractivity (Wildman–Crippen MR) is 102 cm³/mol. The van der Waals surface area contributed by atoms with Crippen molar-refractivity contribution in [2.24, 2.45) is 0 Å². The molecule has 2 N–H and O–H groups in total. The molecular weight excluding hydrogens is 344 g/mol. The van der Waals surface area contributed by atoms with E-state index in [0.717, 1.165) is 38.2 Å². The second-order valence-electron chi connectivity index (χ2n) is 6.96. The third-order valence-corrected chi connectivity index (χ3v) is 5.09. The Labute approximate surface area is 159 Å². The number of carbonyl (C=O) groups excluding carboxylic acids is 2. The Kier molecular flexibility index (Phi) is 5.91. The number of hydrogen-bond donors (Lipinski definition) is 2. The summed E-state index contributed by atoms with van der Waals surface area (Å²) in [5.41, 5.74) is 3.21. The molecule has 1 fully saturated rings. The number of ether oxygens (including phenoxy) is 1. The van der Waals surface area contributed by atoms with E-state index in [1.165, 1.54) is 7.11 Å². The summed E-state index contributed by atoms with van der Waals surface area (Å²) in [5.74, 6) is -0.600. The van der Waals surface area contributed by atoms with Gasteiger partial charge in [-0.2, -0.15) is 0 Å². The molecule has 2 aromatic heterocycles. The SMILES string of the molecule is COC(=O)c1c(C)[nH]c(C(=O)NC2CCN(Cc3ccccn3)CC2)c1C. The minimum Gasteiger partial charge on any atom is -0.465 e. The number of rotatable bonds is 5. The first-order valence-corrected chi connectivity index (χ1v) is 9.20. The molecule has 1 aliphatic heterocycles. The fourth-order valence-corrected chi connectivity index (χ4v) is 3.60. The van der Waals surface area contributed by atoms with Gasteiger partial charge in [0, 0.05) is 37.6 Å². The van der Waals surface area contributed by atoms with E-state index in [4.69, 9.17) is 4.74 Å². The van der Waals surface area contributed by atoms with Crippen LogP contribution in [0, 0.1) is 13.8 Å². The molecule has 1 saturated heterocycles. The van der Waals surface area contributed by atoms with Gasteiger partial charge in [-0.15, -0.1) is 0 Å². The zero-order chi connectivity index (χ0) is 19.4. The standard InChI is InChI=1S/C20H26N4O3/c1-13-17(20(26)27-3)14(2)22-18(13)19(25)23-15-7-10-24(11-8-15)12-16-6-4-5-9-21-16/h4-6,9,15,22H,7-8,10-12H2,1-3H3,(H,23,25). The molecule has 3 rings (SSSR count). The van der Waals surface area contributed by atoms with Crippen LogP contribution in [0.1, 0.15) is 50.6 Å². The van der Waals surface area contributed by atoms with Crippen molar-refractivity contribution in [3.63, 3.8) is 0 Å². The first-order valence-electron chi connectivity index (χ1n) is 9.20. The van der Waals surface area contributed by atoms with E-state index in [1.54, 1.807) is 13.8 Å². The van der Waals surface area contributed by atoms with Gasteiger partial charge >= 0.3 is 5.97 Å². The lowest BCUT2D eigenvalue weighted by atomic mass is 10.0. The lowest BCUT2D eigenvalue weighted by Gasteiger charge is -2.32. The molecule has 0 bridgehead atoms. The number of hydrogen-bond acceptors (Lipinski definition) is 5. The number of piperidine rings is 1. The van der Waals surface area contributed by atoms with Crippen LogP contribution in [0.3, 0.4) is 0 Å². The Hall–Kier alpha value is -2.67. The van der Waals surface area contributed by atoms with E-state index in [1.807, 2.05) is 24.4 Å². The highest BCUT2D eigenvalue weighted by atomic mass is 16.5. The Morgan fingerprint density at radius 2 is 2.04 bits per heavy atom. The number of nitrogens with one attached hydrogen (secondary N) is 2. The van der Waals surface area contributed by atoms with Gasteiger partial charge in [0.05, 0.1) is 18.4 Å². The average molecular weight is 370 g/mol. The molecule has 0 atom stereocenters.